The van der Waals surface area contributed by atoms with Crippen LogP contribution in [0, 0.1) is 0 Å². The predicted molar refractivity (Wildman–Crippen MR) is 92.3 cm³/mol. The Hall–Kier alpha value is -1.72. The van der Waals surface area contributed by atoms with Gasteiger partial charge in [-0.3, -0.25) is 0 Å². The van der Waals surface area contributed by atoms with Gasteiger partial charge in [-0.25, -0.2) is 9.97 Å². The third-order valence-corrected chi connectivity index (χ3v) is 4.54. The quantitative estimate of drug-likeness (QED) is 0.882. The molecule has 5 nitrogen and oxygen atoms in total. The van der Waals surface area contributed by atoms with E-state index in [1.807, 2.05) is 12.1 Å². The van der Waals surface area contributed by atoms with Gasteiger partial charge < -0.3 is 16.0 Å². The molecule has 0 aliphatic carbocycles. The Balaban J connectivity index is 1.89. The van der Waals surface area contributed by atoms with Gasteiger partial charge in [-0.05, 0) is 31.4 Å². The van der Waals surface area contributed by atoms with Crippen LogP contribution in [0.1, 0.15) is 19.3 Å². The summed E-state index contributed by atoms with van der Waals surface area (Å²) in [5.41, 5.74) is 7.44. The van der Waals surface area contributed by atoms with E-state index < -0.39 is 0 Å². The topological polar surface area (TPSA) is 67.1 Å². The third kappa shape index (κ3) is 3.05. The molecule has 22 heavy (non-hydrogen) atoms. The molecule has 0 spiro atoms. The molecule has 2 aromatic rings. The van der Waals surface area contributed by atoms with Crippen molar-refractivity contribution in [3.63, 3.8) is 0 Å². The number of hydrogen-bond acceptors (Lipinski definition) is 5. The first kappa shape index (κ1) is 15.2. The van der Waals surface area contributed by atoms with Crippen LogP contribution in [0.25, 0.3) is 0 Å². The molecule has 3 rings (SSSR count). The Morgan fingerprint density at radius 1 is 1.09 bits per heavy atom. The van der Waals surface area contributed by atoms with Crippen molar-refractivity contribution in [3.8, 4) is 0 Å². The number of benzene rings is 1. The second kappa shape index (κ2) is 6.58. The zero-order valence-corrected chi connectivity index (χ0v) is 13.5. The number of rotatable bonds is 3. The van der Waals surface area contributed by atoms with Crippen LogP contribution < -0.4 is 16.0 Å². The van der Waals surface area contributed by atoms with Crippen LogP contribution in [0.5, 0.6) is 0 Å². The lowest BCUT2D eigenvalue weighted by Gasteiger charge is -2.29. The standard InChI is InChI=1S/C15H17Cl2N5/c16-10-5-4-6-11(12(10)17)21-14-13(18)15(20-9-19-14)22-7-2-1-3-8-22/h4-6,9H,1-3,7-8,18H2,(H,19,20,21). The van der Waals surface area contributed by atoms with Gasteiger partial charge in [0, 0.05) is 13.1 Å². The van der Waals surface area contributed by atoms with Crippen LogP contribution in [0.15, 0.2) is 24.5 Å². The minimum absolute atomic E-state index is 0.446. The average Bonchev–Trinajstić information content (AvgIpc) is 2.54. The Morgan fingerprint density at radius 3 is 2.64 bits per heavy atom. The molecule has 2 heterocycles. The fourth-order valence-corrected chi connectivity index (χ4v) is 2.92. The maximum atomic E-state index is 6.24. The van der Waals surface area contributed by atoms with Gasteiger partial charge in [-0.1, -0.05) is 29.3 Å². The molecule has 3 N–H and O–H groups in total. The Kier molecular flexibility index (Phi) is 4.55. The van der Waals surface area contributed by atoms with Crippen LogP contribution in [0.4, 0.5) is 23.0 Å². The summed E-state index contributed by atoms with van der Waals surface area (Å²) < 4.78 is 0. The second-order valence-electron chi connectivity index (χ2n) is 5.23. The lowest BCUT2D eigenvalue weighted by atomic mass is 10.1. The highest BCUT2D eigenvalue weighted by Gasteiger charge is 2.18. The summed E-state index contributed by atoms with van der Waals surface area (Å²) in [6.07, 6.45) is 5.09. The SMILES string of the molecule is Nc1c(Nc2cccc(Cl)c2Cl)ncnc1N1CCCCC1. The number of halogens is 2. The van der Waals surface area contributed by atoms with Gasteiger partial charge in [-0.2, -0.15) is 0 Å². The molecule has 1 aliphatic heterocycles. The lowest BCUT2D eigenvalue weighted by molar-refractivity contribution is 0.574. The Labute approximate surface area is 139 Å². The van der Waals surface area contributed by atoms with E-state index in [9.17, 15) is 0 Å². The van der Waals surface area contributed by atoms with Crippen molar-refractivity contribution >= 4 is 46.2 Å². The molecule has 0 bridgehead atoms. The number of nitrogens with two attached hydrogens (primary N) is 1. The van der Waals surface area contributed by atoms with E-state index in [1.165, 1.54) is 12.7 Å². The number of aromatic nitrogens is 2. The van der Waals surface area contributed by atoms with E-state index in [2.05, 4.69) is 20.2 Å². The van der Waals surface area contributed by atoms with Gasteiger partial charge in [0.2, 0.25) is 0 Å². The molecular weight excluding hydrogens is 321 g/mol. The summed E-state index contributed by atoms with van der Waals surface area (Å²) in [5, 5.41) is 4.07. The Bertz CT molecular complexity index is 671. The zero-order valence-electron chi connectivity index (χ0n) is 12.0. The Morgan fingerprint density at radius 2 is 1.86 bits per heavy atom. The molecule has 1 aromatic heterocycles. The molecule has 0 amide bonds. The van der Waals surface area contributed by atoms with E-state index in [-0.39, 0.29) is 0 Å². The minimum Gasteiger partial charge on any atom is -0.393 e. The molecule has 7 heteroatoms. The van der Waals surface area contributed by atoms with E-state index >= 15 is 0 Å². The fraction of sp³-hybridized carbons (Fsp3) is 0.333. The predicted octanol–water partition coefficient (Wildman–Crippen LogP) is 4.10. The van der Waals surface area contributed by atoms with Gasteiger partial charge in [-0.15, -0.1) is 0 Å². The fourth-order valence-electron chi connectivity index (χ4n) is 2.57. The van der Waals surface area contributed by atoms with E-state index in [4.69, 9.17) is 28.9 Å². The van der Waals surface area contributed by atoms with Crippen molar-refractivity contribution in [1.29, 1.82) is 0 Å². The monoisotopic (exact) mass is 337 g/mol. The maximum Gasteiger partial charge on any atom is 0.159 e. The number of nitrogen functional groups attached to an aromatic ring is 1. The van der Waals surface area contributed by atoms with Crippen LogP contribution in [-0.2, 0) is 0 Å². The summed E-state index contributed by atoms with van der Waals surface area (Å²) in [5.74, 6) is 1.31. The van der Waals surface area contributed by atoms with Crippen LogP contribution in [-0.4, -0.2) is 23.1 Å². The van der Waals surface area contributed by atoms with Gasteiger partial charge in [0.1, 0.15) is 12.0 Å². The first-order valence-electron chi connectivity index (χ1n) is 7.23. The van der Waals surface area contributed by atoms with Gasteiger partial charge in [0.25, 0.3) is 0 Å². The summed E-state index contributed by atoms with van der Waals surface area (Å²) in [4.78, 5) is 10.8. The molecule has 1 aliphatic rings. The second-order valence-corrected chi connectivity index (χ2v) is 6.02. The van der Waals surface area contributed by atoms with Crippen LogP contribution in [0.2, 0.25) is 10.0 Å². The summed E-state index contributed by atoms with van der Waals surface area (Å²) in [7, 11) is 0. The van der Waals surface area contributed by atoms with Gasteiger partial charge >= 0.3 is 0 Å². The summed E-state index contributed by atoms with van der Waals surface area (Å²) in [6, 6.07) is 5.38. The molecular formula is C15H17Cl2N5. The number of hydrogen-bond donors (Lipinski definition) is 2. The van der Waals surface area contributed by atoms with Crippen molar-refractivity contribution < 1.29 is 0 Å². The van der Waals surface area contributed by atoms with Gasteiger partial charge in [0.15, 0.2) is 11.6 Å². The van der Waals surface area contributed by atoms with Gasteiger partial charge in [0.05, 0.1) is 15.7 Å². The van der Waals surface area contributed by atoms with E-state index in [1.54, 1.807) is 6.07 Å². The van der Waals surface area contributed by atoms with E-state index in [0.717, 1.165) is 31.7 Å². The molecule has 0 unspecified atom stereocenters. The number of nitrogens with zero attached hydrogens (tertiary/aromatic N) is 3. The minimum atomic E-state index is 0.446. The number of anilines is 4. The summed E-state index contributed by atoms with van der Waals surface area (Å²) >= 11 is 12.2. The molecule has 0 saturated carbocycles. The average molecular weight is 338 g/mol. The zero-order chi connectivity index (χ0) is 15.5. The van der Waals surface area contributed by atoms with E-state index in [0.29, 0.717) is 27.2 Å². The number of piperidine rings is 1. The van der Waals surface area contributed by atoms with Crippen molar-refractivity contribution in [3.05, 3.63) is 34.6 Å². The van der Waals surface area contributed by atoms with Crippen molar-refractivity contribution in [2.45, 2.75) is 19.3 Å². The smallest absolute Gasteiger partial charge is 0.159 e. The molecule has 0 atom stereocenters. The molecule has 116 valence electrons. The van der Waals surface area contributed by atoms with Crippen molar-refractivity contribution in [2.24, 2.45) is 0 Å². The van der Waals surface area contributed by atoms with Crippen LogP contribution >= 0.6 is 23.2 Å². The largest absolute Gasteiger partial charge is 0.393 e. The lowest BCUT2D eigenvalue weighted by Crippen LogP contribution is -2.31. The molecule has 1 saturated heterocycles. The normalized spacial score (nSPS) is 14.9. The molecule has 1 aromatic carbocycles. The molecule has 0 radical (unpaired) electrons. The molecule has 1 fully saturated rings. The van der Waals surface area contributed by atoms with Crippen molar-refractivity contribution in [2.75, 3.05) is 29.0 Å². The van der Waals surface area contributed by atoms with Crippen molar-refractivity contribution in [1.82, 2.24) is 9.97 Å². The highest BCUT2D eigenvalue weighted by molar-refractivity contribution is 6.43. The first-order chi connectivity index (χ1) is 10.7. The maximum absolute atomic E-state index is 6.24. The highest BCUT2D eigenvalue weighted by Crippen LogP contribution is 2.34. The van der Waals surface area contributed by atoms with Crippen LogP contribution in [0.3, 0.4) is 0 Å². The highest BCUT2D eigenvalue weighted by atomic mass is 35.5. The third-order valence-electron chi connectivity index (χ3n) is 3.72. The first-order valence-corrected chi connectivity index (χ1v) is 7.99. The number of nitrogens with one attached hydrogen (secondary N) is 1. The summed E-state index contributed by atoms with van der Waals surface area (Å²) in [6.45, 7) is 1.94.